The highest BCUT2D eigenvalue weighted by atomic mass is 79.9. The highest BCUT2D eigenvalue weighted by molar-refractivity contribution is 9.10. The predicted molar refractivity (Wildman–Crippen MR) is 98.6 cm³/mol. The van der Waals surface area contributed by atoms with E-state index in [1.54, 1.807) is 36.4 Å². The van der Waals surface area contributed by atoms with Crippen LogP contribution in [0.15, 0.2) is 65.4 Å². The lowest BCUT2D eigenvalue weighted by atomic mass is 10.2. The van der Waals surface area contributed by atoms with Gasteiger partial charge in [0.1, 0.15) is 0 Å². The van der Waals surface area contributed by atoms with Gasteiger partial charge in [-0.15, -0.1) is 0 Å². The van der Waals surface area contributed by atoms with Crippen LogP contribution in [0.3, 0.4) is 0 Å². The molecule has 1 heterocycles. The molecular weight excluding hydrogens is 382 g/mol. The first kappa shape index (κ1) is 16.6. The van der Waals surface area contributed by atoms with Crippen LogP contribution in [0.2, 0.25) is 0 Å². The highest BCUT2D eigenvalue weighted by Gasteiger charge is 2.08. The molecule has 0 aliphatic heterocycles. The molecule has 0 aliphatic rings. The topological polar surface area (TPSA) is 90.7 Å². The highest BCUT2D eigenvalue weighted by Crippen LogP contribution is 2.16. The number of carbonyl (C=O) groups is 1. The molecule has 7 heteroatoms. The molecule has 0 atom stereocenters. The zero-order valence-electron chi connectivity index (χ0n) is 12.9. The Labute approximate surface area is 152 Å². The first-order valence-electron chi connectivity index (χ1n) is 7.30. The molecular formula is C18H12BrN5O. The monoisotopic (exact) mass is 393 g/mol. The van der Waals surface area contributed by atoms with Crippen LogP contribution in [0.4, 0.5) is 17.3 Å². The fraction of sp³-hybridized carbons (Fsp3) is 0. The van der Waals surface area contributed by atoms with Crippen LogP contribution in [0.5, 0.6) is 0 Å². The molecule has 0 bridgehead atoms. The zero-order chi connectivity index (χ0) is 17.6. The van der Waals surface area contributed by atoms with Gasteiger partial charge in [-0.1, -0.05) is 15.9 Å². The quantitative estimate of drug-likeness (QED) is 0.695. The van der Waals surface area contributed by atoms with Crippen molar-refractivity contribution in [1.29, 1.82) is 5.26 Å². The van der Waals surface area contributed by atoms with E-state index in [0.717, 1.165) is 10.2 Å². The van der Waals surface area contributed by atoms with Crippen LogP contribution in [0, 0.1) is 11.3 Å². The van der Waals surface area contributed by atoms with Gasteiger partial charge in [-0.05, 0) is 48.5 Å². The number of carbonyl (C=O) groups excluding carboxylic acids is 1. The van der Waals surface area contributed by atoms with Gasteiger partial charge >= 0.3 is 0 Å². The third-order valence-electron chi connectivity index (χ3n) is 3.29. The summed E-state index contributed by atoms with van der Waals surface area (Å²) in [5.41, 5.74) is 2.37. The van der Waals surface area contributed by atoms with Crippen molar-refractivity contribution in [2.75, 3.05) is 10.6 Å². The van der Waals surface area contributed by atoms with Crippen LogP contribution in [0.1, 0.15) is 15.9 Å². The molecule has 1 aromatic heterocycles. The van der Waals surface area contributed by atoms with E-state index >= 15 is 0 Å². The Morgan fingerprint density at radius 1 is 0.960 bits per heavy atom. The Hall–Kier alpha value is -3.24. The number of rotatable bonds is 4. The number of nitriles is 1. The molecule has 3 rings (SSSR count). The molecule has 0 spiro atoms. The van der Waals surface area contributed by atoms with E-state index in [1.165, 1.54) is 12.4 Å². The molecule has 25 heavy (non-hydrogen) atoms. The van der Waals surface area contributed by atoms with Crippen molar-refractivity contribution in [3.05, 3.63) is 76.5 Å². The number of nitrogens with one attached hydrogen (secondary N) is 2. The van der Waals surface area contributed by atoms with Gasteiger partial charge in [0.05, 0.1) is 17.2 Å². The summed E-state index contributed by atoms with van der Waals surface area (Å²) >= 11 is 3.34. The summed E-state index contributed by atoms with van der Waals surface area (Å²) in [5.74, 6) is 0.0807. The summed E-state index contributed by atoms with van der Waals surface area (Å²) in [6, 6.07) is 16.2. The summed E-state index contributed by atoms with van der Waals surface area (Å²) < 4.78 is 0.937. The maximum Gasteiger partial charge on any atom is 0.258 e. The summed E-state index contributed by atoms with van der Waals surface area (Å²) in [7, 11) is 0. The van der Waals surface area contributed by atoms with Crippen molar-refractivity contribution in [3.63, 3.8) is 0 Å². The number of benzene rings is 2. The third kappa shape index (κ3) is 4.40. The largest absolute Gasteiger partial charge is 0.324 e. The Kier molecular flexibility index (Phi) is 5.02. The van der Waals surface area contributed by atoms with Crippen LogP contribution < -0.4 is 10.6 Å². The van der Waals surface area contributed by atoms with Gasteiger partial charge in [-0.2, -0.15) is 5.26 Å². The Bertz CT molecular complexity index is 916. The minimum atomic E-state index is -0.285. The van der Waals surface area contributed by atoms with Crippen molar-refractivity contribution in [2.45, 2.75) is 0 Å². The van der Waals surface area contributed by atoms with E-state index < -0.39 is 0 Å². The Morgan fingerprint density at radius 3 is 2.16 bits per heavy atom. The summed E-state index contributed by atoms with van der Waals surface area (Å²) in [6.07, 6.45) is 2.90. The van der Waals surface area contributed by atoms with Gasteiger partial charge < -0.3 is 10.6 Å². The molecule has 0 radical (unpaired) electrons. The summed E-state index contributed by atoms with van der Waals surface area (Å²) in [4.78, 5) is 20.5. The molecule has 0 fully saturated rings. The normalized spacial score (nSPS) is 9.92. The van der Waals surface area contributed by atoms with Crippen molar-refractivity contribution in [2.24, 2.45) is 0 Å². The molecule has 0 aliphatic carbocycles. The number of nitrogens with zero attached hydrogens (tertiary/aromatic N) is 3. The second kappa shape index (κ2) is 7.55. The minimum absolute atomic E-state index is 0.285. The molecule has 6 nitrogen and oxygen atoms in total. The van der Waals surface area contributed by atoms with Crippen molar-refractivity contribution in [1.82, 2.24) is 9.97 Å². The molecule has 122 valence electrons. The van der Waals surface area contributed by atoms with E-state index in [2.05, 4.69) is 42.6 Å². The number of aromatic nitrogens is 2. The summed E-state index contributed by atoms with van der Waals surface area (Å²) in [5, 5.41) is 14.6. The van der Waals surface area contributed by atoms with E-state index in [1.807, 2.05) is 12.1 Å². The molecule has 2 aromatic carbocycles. The first-order valence-corrected chi connectivity index (χ1v) is 8.09. The smallest absolute Gasteiger partial charge is 0.258 e. The van der Waals surface area contributed by atoms with Gasteiger partial charge in [-0.3, -0.25) is 4.79 Å². The lowest BCUT2D eigenvalue weighted by molar-refractivity contribution is 0.102. The fourth-order valence-corrected chi connectivity index (χ4v) is 2.27. The second-order valence-electron chi connectivity index (χ2n) is 5.07. The molecule has 0 saturated carbocycles. The average Bonchev–Trinajstić information content (AvgIpc) is 2.65. The van der Waals surface area contributed by atoms with Crippen molar-refractivity contribution >= 4 is 39.2 Å². The number of halogens is 1. The Morgan fingerprint density at radius 2 is 1.56 bits per heavy atom. The van der Waals surface area contributed by atoms with Crippen LogP contribution in [-0.2, 0) is 0 Å². The van der Waals surface area contributed by atoms with Gasteiger partial charge in [-0.25, -0.2) is 9.97 Å². The molecule has 0 unspecified atom stereocenters. The number of hydrogen-bond acceptors (Lipinski definition) is 5. The first-order chi connectivity index (χ1) is 12.1. The minimum Gasteiger partial charge on any atom is -0.324 e. The van der Waals surface area contributed by atoms with Crippen LogP contribution >= 0.6 is 15.9 Å². The number of hydrogen-bond donors (Lipinski definition) is 2. The van der Waals surface area contributed by atoms with Crippen LogP contribution in [0.25, 0.3) is 0 Å². The molecule has 0 saturated heterocycles. The second-order valence-corrected chi connectivity index (χ2v) is 5.99. The Balaban J connectivity index is 1.65. The third-order valence-corrected chi connectivity index (χ3v) is 3.81. The predicted octanol–water partition coefficient (Wildman–Crippen LogP) is 4.11. The maximum absolute atomic E-state index is 12.2. The van der Waals surface area contributed by atoms with Gasteiger partial charge in [0.15, 0.2) is 0 Å². The fourth-order valence-electron chi connectivity index (χ4n) is 2.00. The van der Waals surface area contributed by atoms with Gasteiger partial charge in [0.25, 0.3) is 5.91 Å². The van der Waals surface area contributed by atoms with Gasteiger partial charge in [0.2, 0.25) is 5.95 Å². The van der Waals surface area contributed by atoms with E-state index in [0.29, 0.717) is 22.8 Å². The number of amides is 1. The van der Waals surface area contributed by atoms with E-state index in [-0.39, 0.29) is 5.91 Å². The lowest BCUT2D eigenvalue weighted by Gasteiger charge is -2.07. The van der Waals surface area contributed by atoms with Crippen molar-refractivity contribution in [3.8, 4) is 6.07 Å². The van der Waals surface area contributed by atoms with E-state index in [4.69, 9.17) is 5.26 Å². The van der Waals surface area contributed by atoms with Crippen molar-refractivity contribution < 1.29 is 4.79 Å². The SMILES string of the molecule is N#Cc1ccc(Nc2ncc(C(=O)Nc3ccc(Br)cc3)cn2)cc1. The summed E-state index contributed by atoms with van der Waals surface area (Å²) in [6.45, 7) is 0. The van der Waals surface area contributed by atoms with Gasteiger partial charge in [0, 0.05) is 28.2 Å². The standard InChI is InChI=1S/C18H12BrN5O/c19-14-3-7-15(8-4-14)23-17(25)13-10-21-18(22-11-13)24-16-5-1-12(9-20)2-6-16/h1-8,10-11H,(H,23,25)(H,21,22,24). The molecule has 2 N–H and O–H groups in total. The molecule has 1 amide bonds. The van der Waals surface area contributed by atoms with E-state index in [9.17, 15) is 4.79 Å². The van der Waals surface area contributed by atoms with Crippen LogP contribution in [-0.4, -0.2) is 15.9 Å². The zero-order valence-corrected chi connectivity index (χ0v) is 14.5. The lowest BCUT2D eigenvalue weighted by Crippen LogP contribution is -2.13. The number of anilines is 3. The average molecular weight is 394 g/mol. The maximum atomic E-state index is 12.2. The molecule has 3 aromatic rings.